The molecule has 1 aromatic carbocycles. The van der Waals surface area contributed by atoms with Crippen molar-refractivity contribution >= 4 is 39.8 Å². The van der Waals surface area contributed by atoms with Crippen molar-refractivity contribution in [2.24, 2.45) is 4.99 Å². The maximum absolute atomic E-state index is 11.5. The number of nitrogens with zero attached hydrogens (tertiary/aromatic N) is 1. The molecule has 0 amide bonds. The fourth-order valence-corrected chi connectivity index (χ4v) is 3.79. The number of guanidine groups is 1. The Morgan fingerprint density at radius 1 is 1.15 bits per heavy atom. The summed E-state index contributed by atoms with van der Waals surface area (Å²) in [5.74, 6) is 0.708. The lowest BCUT2D eigenvalue weighted by atomic mass is 9.85. The Morgan fingerprint density at radius 3 is 2.33 bits per heavy atom. The van der Waals surface area contributed by atoms with Gasteiger partial charge in [-0.25, -0.2) is 8.42 Å². The maximum atomic E-state index is 11.5. The van der Waals surface area contributed by atoms with E-state index in [1.807, 2.05) is 19.1 Å². The lowest BCUT2D eigenvalue weighted by Crippen LogP contribution is -2.41. The van der Waals surface area contributed by atoms with Crippen LogP contribution in [0.5, 0.6) is 0 Å². The molecule has 6 nitrogen and oxygen atoms in total. The number of hydrogen-bond acceptors (Lipinski definition) is 4. The van der Waals surface area contributed by atoms with Crippen molar-refractivity contribution in [3.63, 3.8) is 0 Å². The highest BCUT2D eigenvalue weighted by Crippen LogP contribution is 2.28. The summed E-state index contributed by atoms with van der Waals surface area (Å²) in [6.07, 6.45) is 6.95. The molecule has 0 heterocycles. The molecule has 1 aliphatic carbocycles. The van der Waals surface area contributed by atoms with Gasteiger partial charge >= 0.3 is 0 Å². The number of aliphatic hydroxyl groups is 1. The lowest BCUT2D eigenvalue weighted by molar-refractivity contribution is 0.0131. The molecule has 0 aromatic heterocycles. The highest BCUT2D eigenvalue weighted by molar-refractivity contribution is 14.0. The zero-order valence-corrected chi connectivity index (χ0v) is 19.3. The number of halogens is 1. The summed E-state index contributed by atoms with van der Waals surface area (Å²) >= 11 is 0. The molecule has 1 saturated carbocycles. The molecule has 8 heteroatoms. The van der Waals surface area contributed by atoms with Crippen molar-refractivity contribution in [1.29, 1.82) is 0 Å². The van der Waals surface area contributed by atoms with E-state index in [0.717, 1.165) is 44.2 Å². The fraction of sp³-hybridized carbons (Fsp3) is 0.632. The van der Waals surface area contributed by atoms with Gasteiger partial charge in [-0.05, 0) is 43.9 Å². The van der Waals surface area contributed by atoms with Gasteiger partial charge in [0, 0.05) is 19.3 Å². The number of nitrogens with one attached hydrogen (secondary N) is 2. The zero-order valence-electron chi connectivity index (χ0n) is 16.2. The number of hydrogen-bond donors (Lipinski definition) is 3. The second-order valence-electron chi connectivity index (χ2n) is 7.07. The van der Waals surface area contributed by atoms with E-state index in [4.69, 9.17) is 0 Å². The Kier molecular flexibility index (Phi) is 10.0. The molecule has 27 heavy (non-hydrogen) atoms. The molecule has 1 fully saturated rings. The van der Waals surface area contributed by atoms with E-state index in [0.29, 0.717) is 23.9 Å². The minimum Gasteiger partial charge on any atom is -0.388 e. The van der Waals surface area contributed by atoms with Crippen LogP contribution < -0.4 is 10.6 Å². The Bertz CT molecular complexity index is 699. The van der Waals surface area contributed by atoms with E-state index in [2.05, 4.69) is 15.6 Å². The van der Waals surface area contributed by atoms with Gasteiger partial charge in [-0.2, -0.15) is 0 Å². The van der Waals surface area contributed by atoms with Crippen LogP contribution in [-0.4, -0.2) is 51.0 Å². The van der Waals surface area contributed by atoms with E-state index in [-0.39, 0.29) is 24.0 Å². The first kappa shape index (κ1) is 24.2. The van der Waals surface area contributed by atoms with Crippen LogP contribution in [0.2, 0.25) is 0 Å². The van der Waals surface area contributed by atoms with Gasteiger partial charge in [0.05, 0.1) is 17.0 Å². The second kappa shape index (κ2) is 11.2. The minimum atomic E-state index is -3.15. The summed E-state index contributed by atoms with van der Waals surface area (Å²) < 4.78 is 23.0. The third kappa shape index (κ3) is 8.35. The van der Waals surface area contributed by atoms with E-state index >= 15 is 0 Å². The average Bonchev–Trinajstić information content (AvgIpc) is 2.60. The van der Waals surface area contributed by atoms with Crippen LogP contribution in [0.1, 0.15) is 44.6 Å². The maximum Gasteiger partial charge on any atom is 0.191 e. The molecule has 3 N–H and O–H groups in total. The van der Waals surface area contributed by atoms with Crippen molar-refractivity contribution in [3.05, 3.63) is 29.8 Å². The Balaban J connectivity index is 0.00000364. The first-order valence-corrected chi connectivity index (χ1v) is 11.3. The molecular weight excluding hydrogens is 477 g/mol. The van der Waals surface area contributed by atoms with E-state index < -0.39 is 15.4 Å². The van der Waals surface area contributed by atoms with E-state index in [9.17, 15) is 13.5 Å². The number of benzene rings is 1. The van der Waals surface area contributed by atoms with Crippen molar-refractivity contribution in [3.8, 4) is 0 Å². The van der Waals surface area contributed by atoms with E-state index in [1.54, 1.807) is 12.1 Å². The summed E-state index contributed by atoms with van der Waals surface area (Å²) in [6, 6.07) is 6.96. The number of rotatable bonds is 7. The van der Waals surface area contributed by atoms with Gasteiger partial charge in [0.15, 0.2) is 15.8 Å². The van der Waals surface area contributed by atoms with Gasteiger partial charge < -0.3 is 15.7 Å². The van der Waals surface area contributed by atoms with Crippen molar-refractivity contribution in [2.75, 3.05) is 25.9 Å². The molecule has 154 valence electrons. The summed E-state index contributed by atoms with van der Waals surface area (Å²) in [5, 5.41) is 17.1. The van der Waals surface area contributed by atoms with Gasteiger partial charge in [0.1, 0.15) is 0 Å². The Hall–Kier alpha value is -0.870. The van der Waals surface area contributed by atoms with Crippen LogP contribution >= 0.6 is 24.0 Å². The monoisotopic (exact) mass is 509 g/mol. The zero-order chi connectivity index (χ0) is 19.0. The molecule has 0 saturated heterocycles. The number of sulfone groups is 1. The number of aliphatic imine (C=N–C) groups is 1. The quantitative estimate of drug-likeness (QED) is 0.299. The topological polar surface area (TPSA) is 90.8 Å². The molecule has 2 rings (SSSR count). The highest BCUT2D eigenvalue weighted by atomic mass is 127. The van der Waals surface area contributed by atoms with Crippen LogP contribution in [0, 0.1) is 0 Å². The molecular formula is C19H32IN3O3S. The van der Waals surface area contributed by atoms with Crippen molar-refractivity contribution < 1.29 is 13.5 Å². The van der Waals surface area contributed by atoms with Crippen LogP contribution in [0.3, 0.4) is 0 Å². The SMILES string of the molecule is CCNC(=NCC1(O)CCCCC1)NCCc1ccc(S(C)(=O)=O)cc1.I. The molecule has 0 atom stereocenters. The van der Waals surface area contributed by atoms with Crippen LogP contribution in [0.15, 0.2) is 34.2 Å². The molecule has 1 aliphatic rings. The molecule has 0 bridgehead atoms. The van der Waals surface area contributed by atoms with Crippen LogP contribution in [-0.2, 0) is 16.3 Å². The van der Waals surface area contributed by atoms with Gasteiger partial charge in [-0.3, -0.25) is 4.99 Å². The van der Waals surface area contributed by atoms with Gasteiger partial charge in [-0.1, -0.05) is 31.4 Å². The first-order valence-electron chi connectivity index (χ1n) is 9.36. The summed E-state index contributed by atoms with van der Waals surface area (Å²) in [6.45, 7) is 3.87. The highest BCUT2D eigenvalue weighted by Gasteiger charge is 2.28. The first-order chi connectivity index (χ1) is 12.3. The summed E-state index contributed by atoms with van der Waals surface area (Å²) in [7, 11) is -3.15. The second-order valence-corrected chi connectivity index (χ2v) is 9.09. The molecule has 1 aromatic rings. The van der Waals surface area contributed by atoms with Gasteiger partial charge in [-0.15, -0.1) is 24.0 Å². The van der Waals surface area contributed by atoms with Crippen molar-refractivity contribution in [2.45, 2.75) is 55.9 Å². The Morgan fingerprint density at radius 2 is 1.78 bits per heavy atom. The largest absolute Gasteiger partial charge is 0.388 e. The standard InChI is InChI=1S/C19H31N3O3S.HI/c1-3-20-18(22-15-19(23)12-5-4-6-13-19)21-14-11-16-7-9-17(10-8-16)26(2,24)25;/h7-10,23H,3-6,11-15H2,1-2H3,(H2,20,21,22);1H. The van der Waals surface area contributed by atoms with Crippen LogP contribution in [0.25, 0.3) is 0 Å². The Labute approximate surface area is 180 Å². The molecule has 0 aliphatic heterocycles. The lowest BCUT2D eigenvalue weighted by Gasteiger charge is -2.30. The van der Waals surface area contributed by atoms with E-state index in [1.165, 1.54) is 12.7 Å². The molecule has 0 spiro atoms. The normalized spacial score (nSPS) is 17.1. The predicted molar refractivity (Wildman–Crippen MR) is 121 cm³/mol. The predicted octanol–water partition coefficient (Wildman–Crippen LogP) is 2.50. The molecule has 0 radical (unpaired) electrons. The van der Waals surface area contributed by atoms with Gasteiger partial charge in [0.2, 0.25) is 0 Å². The van der Waals surface area contributed by atoms with Gasteiger partial charge in [0.25, 0.3) is 0 Å². The van der Waals surface area contributed by atoms with Crippen LogP contribution in [0.4, 0.5) is 0 Å². The summed E-state index contributed by atoms with van der Waals surface area (Å²) in [4.78, 5) is 4.89. The summed E-state index contributed by atoms with van der Waals surface area (Å²) in [5.41, 5.74) is 0.397. The third-order valence-electron chi connectivity index (χ3n) is 4.72. The minimum absolute atomic E-state index is 0. The van der Waals surface area contributed by atoms with Crippen molar-refractivity contribution in [1.82, 2.24) is 10.6 Å². The fourth-order valence-electron chi connectivity index (χ4n) is 3.16. The average molecular weight is 509 g/mol. The molecule has 0 unspecified atom stereocenters. The third-order valence-corrected chi connectivity index (χ3v) is 5.85. The smallest absolute Gasteiger partial charge is 0.191 e.